The fraction of sp³-hybridized carbons (Fsp3) is 0.188. The molecule has 0 bridgehead atoms. The van der Waals surface area contributed by atoms with Crippen LogP contribution in [0.15, 0.2) is 35.4 Å². The van der Waals surface area contributed by atoms with Crippen LogP contribution in [-0.2, 0) is 6.54 Å². The smallest absolute Gasteiger partial charge is 0.162 e. The monoisotopic (exact) mass is 372 g/mol. The first-order valence-corrected chi connectivity index (χ1v) is 7.80. The molecular formula is C16H15Cl3N2O2. The number of hydrazone groups is 1. The highest BCUT2D eigenvalue weighted by molar-refractivity contribution is 6.36. The van der Waals surface area contributed by atoms with Crippen molar-refractivity contribution < 1.29 is 9.47 Å². The van der Waals surface area contributed by atoms with Gasteiger partial charge in [-0.3, -0.25) is 0 Å². The minimum Gasteiger partial charge on any atom is -0.493 e. The van der Waals surface area contributed by atoms with E-state index >= 15 is 0 Å². The van der Waals surface area contributed by atoms with Crippen LogP contribution in [0.5, 0.6) is 11.5 Å². The molecule has 2 rings (SSSR count). The molecule has 122 valence electrons. The molecule has 0 saturated heterocycles. The molecule has 0 heterocycles. The Morgan fingerprint density at radius 2 is 1.61 bits per heavy atom. The summed E-state index contributed by atoms with van der Waals surface area (Å²) < 4.78 is 10.4. The van der Waals surface area contributed by atoms with E-state index in [4.69, 9.17) is 44.3 Å². The number of halogens is 3. The molecule has 0 aliphatic rings. The first kappa shape index (κ1) is 17.7. The van der Waals surface area contributed by atoms with Crippen LogP contribution in [0.4, 0.5) is 0 Å². The zero-order valence-corrected chi connectivity index (χ0v) is 14.8. The molecule has 0 saturated carbocycles. The van der Waals surface area contributed by atoms with Gasteiger partial charge in [0.25, 0.3) is 0 Å². The SMILES string of the molecule is COc1cc(Cl)c(/C=N\NCc2c(Cl)cccc2Cl)cc1OC. The predicted molar refractivity (Wildman–Crippen MR) is 95.5 cm³/mol. The molecule has 7 heteroatoms. The second-order valence-electron chi connectivity index (χ2n) is 4.52. The van der Waals surface area contributed by atoms with Crippen molar-refractivity contribution in [2.24, 2.45) is 5.10 Å². The summed E-state index contributed by atoms with van der Waals surface area (Å²) in [4.78, 5) is 0. The molecule has 0 amide bonds. The van der Waals surface area contributed by atoms with Crippen LogP contribution in [0.1, 0.15) is 11.1 Å². The Morgan fingerprint density at radius 3 is 2.22 bits per heavy atom. The average Bonchev–Trinajstić information content (AvgIpc) is 2.54. The van der Waals surface area contributed by atoms with Gasteiger partial charge in [-0.15, -0.1) is 0 Å². The molecule has 23 heavy (non-hydrogen) atoms. The summed E-state index contributed by atoms with van der Waals surface area (Å²) in [6.45, 7) is 0.403. The summed E-state index contributed by atoms with van der Waals surface area (Å²) in [6.07, 6.45) is 1.59. The van der Waals surface area contributed by atoms with Crippen molar-refractivity contribution in [1.29, 1.82) is 0 Å². The van der Waals surface area contributed by atoms with E-state index in [0.29, 0.717) is 38.7 Å². The third-order valence-electron chi connectivity index (χ3n) is 3.12. The molecule has 0 aromatic heterocycles. The highest BCUT2D eigenvalue weighted by Gasteiger charge is 2.08. The fourth-order valence-electron chi connectivity index (χ4n) is 1.91. The fourth-order valence-corrected chi connectivity index (χ4v) is 2.64. The Kier molecular flexibility index (Phi) is 6.39. The van der Waals surface area contributed by atoms with E-state index in [1.807, 2.05) is 0 Å². The van der Waals surface area contributed by atoms with Gasteiger partial charge in [-0.2, -0.15) is 5.10 Å². The van der Waals surface area contributed by atoms with Gasteiger partial charge in [0.2, 0.25) is 0 Å². The Labute approximate surface area is 150 Å². The summed E-state index contributed by atoms with van der Waals surface area (Å²) in [5, 5.41) is 5.82. The number of hydrogen-bond donors (Lipinski definition) is 1. The molecule has 0 radical (unpaired) electrons. The summed E-state index contributed by atoms with van der Waals surface area (Å²) in [5.41, 5.74) is 4.38. The van der Waals surface area contributed by atoms with E-state index < -0.39 is 0 Å². The summed E-state index contributed by atoms with van der Waals surface area (Å²) in [7, 11) is 3.11. The van der Waals surface area contributed by atoms with Crippen molar-refractivity contribution >= 4 is 41.0 Å². The highest BCUT2D eigenvalue weighted by Crippen LogP contribution is 2.32. The van der Waals surface area contributed by atoms with Gasteiger partial charge < -0.3 is 14.9 Å². The number of nitrogens with one attached hydrogen (secondary N) is 1. The molecule has 0 unspecified atom stereocenters. The van der Waals surface area contributed by atoms with Gasteiger partial charge in [0.15, 0.2) is 11.5 Å². The second-order valence-corrected chi connectivity index (χ2v) is 5.74. The molecule has 2 aromatic carbocycles. The summed E-state index contributed by atoms with van der Waals surface area (Å²) >= 11 is 18.4. The van der Waals surface area contributed by atoms with E-state index in [0.717, 1.165) is 5.56 Å². The number of methoxy groups -OCH3 is 2. The van der Waals surface area contributed by atoms with Gasteiger partial charge in [0, 0.05) is 27.2 Å². The first-order valence-electron chi connectivity index (χ1n) is 6.67. The zero-order chi connectivity index (χ0) is 16.8. The normalized spacial score (nSPS) is 10.8. The summed E-state index contributed by atoms with van der Waals surface area (Å²) in [5.74, 6) is 1.14. The van der Waals surface area contributed by atoms with Crippen LogP contribution in [-0.4, -0.2) is 20.4 Å². The van der Waals surface area contributed by atoms with Gasteiger partial charge in [-0.1, -0.05) is 40.9 Å². The van der Waals surface area contributed by atoms with Crippen molar-refractivity contribution in [1.82, 2.24) is 5.43 Å². The van der Waals surface area contributed by atoms with Crippen LogP contribution in [0, 0.1) is 0 Å². The lowest BCUT2D eigenvalue weighted by molar-refractivity contribution is 0.355. The molecule has 1 N–H and O–H groups in total. The number of ether oxygens (including phenoxy) is 2. The second kappa shape index (κ2) is 8.29. The maximum atomic E-state index is 6.19. The van der Waals surface area contributed by atoms with Crippen molar-refractivity contribution in [2.75, 3.05) is 14.2 Å². The van der Waals surface area contributed by atoms with Crippen molar-refractivity contribution in [2.45, 2.75) is 6.54 Å². The molecule has 0 aliphatic carbocycles. The Bertz CT molecular complexity index is 700. The van der Waals surface area contributed by atoms with E-state index in [1.165, 1.54) is 0 Å². The third kappa shape index (κ3) is 4.44. The number of rotatable bonds is 6. The molecule has 4 nitrogen and oxygen atoms in total. The highest BCUT2D eigenvalue weighted by atomic mass is 35.5. The Hall–Kier alpha value is -1.62. The summed E-state index contributed by atoms with van der Waals surface area (Å²) in [6, 6.07) is 8.76. The molecule has 0 fully saturated rings. The van der Waals surface area contributed by atoms with Gasteiger partial charge in [-0.25, -0.2) is 0 Å². The van der Waals surface area contributed by atoms with Crippen molar-refractivity contribution in [3.8, 4) is 11.5 Å². The number of nitrogens with zero attached hydrogens (tertiary/aromatic N) is 1. The van der Waals surface area contributed by atoms with Crippen LogP contribution < -0.4 is 14.9 Å². The lowest BCUT2D eigenvalue weighted by Crippen LogP contribution is -2.07. The van der Waals surface area contributed by atoms with Crippen LogP contribution in [0.3, 0.4) is 0 Å². The maximum absolute atomic E-state index is 6.19. The average molecular weight is 374 g/mol. The van der Waals surface area contributed by atoms with Crippen molar-refractivity contribution in [3.63, 3.8) is 0 Å². The minimum absolute atomic E-state index is 0.403. The minimum atomic E-state index is 0.403. The van der Waals surface area contributed by atoms with E-state index in [1.54, 1.807) is 50.8 Å². The van der Waals surface area contributed by atoms with Crippen molar-refractivity contribution in [3.05, 3.63) is 56.5 Å². The molecular weight excluding hydrogens is 359 g/mol. The van der Waals surface area contributed by atoms with E-state index in [-0.39, 0.29) is 0 Å². The number of hydrogen-bond acceptors (Lipinski definition) is 4. The third-order valence-corrected chi connectivity index (χ3v) is 4.15. The lowest BCUT2D eigenvalue weighted by atomic mass is 10.2. The maximum Gasteiger partial charge on any atom is 0.162 e. The number of benzene rings is 2. The molecule has 0 atom stereocenters. The molecule has 0 spiro atoms. The van der Waals surface area contributed by atoms with Gasteiger partial charge in [0.1, 0.15) is 0 Å². The van der Waals surface area contributed by atoms with E-state index in [2.05, 4.69) is 10.5 Å². The quantitative estimate of drug-likeness (QED) is 0.585. The topological polar surface area (TPSA) is 42.8 Å². The predicted octanol–water partition coefficient (Wildman–Crippen LogP) is 4.79. The van der Waals surface area contributed by atoms with Gasteiger partial charge in [-0.05, 0) is 18.2 Å². The zero-order valence-electron chi connectivity index (χ0n) is 12.6. The Balaban J connectivity index is 2.09. The lowest BCUT2D eigenvalue weighted by Gasteiger charge is -2.09. The largest absolute Gasteiger partial charge is 0.493 e. The molecule has 0 aliphatic heterocycles. The first-order chi connectivity index (χ1) is 11.1. The van der Waals surface area contributed by atoms with Gasteiger partial charge >= 0.3 is 0 Å². The van der Waals surface area contributed by atoms with Crippen LogP contribution >= 0.6 is 34.8 Å². The van der Waals surface area contributed by atoms with Crippen LogP contribution in [0.25, 0.3) is 0 Å². The van der Waals surface area contributed by atoms with Gasteiger partial charge in [0.05, 0.1) is 32.0 Å². The Morgan fingerprint density at radius 1 is 1.00 bits per heavy atom. The van der Waals surface area contributed by atoms with E-state index in [9.17, 15) is 0 Å². The van der Waals surface area contributed by atoms with Crippen LogP contribution in [0.2, 0.25) is 15.1 Å². The molecule has 2 aromatic rings. The standard InChI is InChI=1S/C16H15Cl3N2O2/c1-22-15-6-10(14(19)7-16(15)23-2)8-20-21-9-11-12(17)4-3-5-13(11)18/h3-8,21H,9H2,1-2H3/b20-8-.